The van der Waals surface area contributed by atoms with Gasteiger partial charge in [0.1, 0.15) is 0 Å². The third-order valence-electron chi connectivity index (χ3n) is 3.95. The van der Waals surface area contributed by atoms with Gasteiger partial charge in [-0.05, 0) is 24.8 Å². The second kappa shape index (κ2) is 5.17. The van der Waals surface area contributed by atoms with Crippen LogP contribution in [0.1, 0.15) is 44.6 Å². The number of hydrogen-bond donors (Lipinski definition) is 1. The maximum absolute atomic E-state index is 11.0. The van der Waals surface area contributed by atoms with E-state index < -0.39 is 5.60 Å². The van der Waals surface area contributed by atoms with E-state index in [9.17, 15) is 5.11 Å². The predicted octanol–water partition coefficient (Wildman–Crippen LogP) is 4.78. The Morgan fingerprint density at radius 1 is 1.35 bits per heavy atom. The molecule has 2 rings (SSSR count). The van der Waals surface area contributed by atoms with E-state index in [1.807, 2.05) is 12.1 Å². The minimum atomic E-state index is -0.797. The van der Waals surface area contributed by atoms with Crippen LogP contribution in [0.3, 0.4) is 0 Å². The van der Waals surface area contributed by atoms with Crippen LogP contribution in [0, 0.1) is 5.92 Å². The normalized spacial score (nSPS) is 29.3. The minimum Gasteiger partial charge on any atom is -0.385 e. The molecule has 1 fully saturated rings. The lowest BCUT2D eigenvalue weighted by Crippen LogP contribution is -2.38. The zero-order valence-corrected chi connectivity index (χ0v) is 11.6. The number of benzene rings is 1. The largest absolute Gasteiger partial charge is 0.385 e. The van der Waals surface area contributed by atoms with Crippen LogP contribution in [0.25, 0.3) is 0 Å². The Kier molecular flexibility index (Phi) is 4.02. The molecule has 1 aromatic carbocycles. The third-order valence-corrected chi connectivity index (χ3v) is 4.77. The number of rotatable bonds is 2. The lowest BCUT2D eigenvalue weighted by Gasteiger charge is -2.40. The van der Waals surface area contributed by atoms with E-state index in [-0.39, 0.29) is 5.92 Å². The Morgan fingerprint density at radius 3 is 2.82 bits per heavy atom. The molecule has 0 radical (unpaired) electrons. The van der Waals surface area contributed by atoms with E-state index in [4.69, 9.17) is 23.2 Å². The first-order valence-corrected chi connectivity index (χ1v) is 7.02. The maximum atomic E-state index is 11.0. The standard InChI is InChI=1S/C14H18Cl2O/c1-2-10-6-3-4-9-14(10,17)11-7-5-8-12(15)13(11)16/h5,7-8,10,17H,2-4,6,9H2,1H3. The molecule has 2 unspecified atom stereocenters. The van der Waals surface area contributed by atoms with Gasteiger partial charge in [-0.1, -0.05) is 61.5 Å². The van der Waals surface area contributed by atoms with Crippen molar-refractivity contribution >= 4 is 23.2 Å². The van der Waals surface area contributed by atoms with Crippen molar-refractivity contribution in [1.82, 2.24) is 0 Å². The van der Waals surface area contributed by atoms with Gasteiger partial charge in [0.25, 0.3) is 0 Å². The summed E-state index contributed by atoms with van der Waals surface area (Å²) in [7, 11) is 0. The monoisotopic (exact) mass is 272 g/mol. The van der Waals surface area contributed by atoms with Crippen LogP contribution >= 0.6 is 23.2 Å². The highest BCUT2D eigenvalue weighted by molar-refractivity contribution is 6.42. The summed E-state index contributed by atoms with van der Waals surface area (Å²) in [6.07, 6.45) is 5.07. The van der Waals surface area contributed by atoms with E-state index in [2.05, 4.69) is 6.92 Å². The second-order valence-corrected chi connectivity index (χ2v) is 5.66. The average molecular weight is 273 g/mol. The van der Waals surface area contributed by atoms with Crippen molar-refractivity contribution < 1.29 is 5.11 Å². The summed E-state index contributed by atoms with van der Waals surface area (Å²) >= 11 is 12.3. The van der Waals surface area contributed by atoms with Crippen molar-refractivity contribution in [2.45, 2.75) is 44.6 Å². The van der Waals surface area contributed by atoms with Gasteiger partial charge in [0, 0.05) is 5.56 Å². The molecular formula is C14H18Cl2O. The van der Waals surface area contributed by atoms with Crippen molar-refractivity contribution in [3.05, 3.63) is 33.8 Å². The predicted molar refractivity (Wildman–Crippen MR) is 72.6 cm³/mol. The molecular weight excluding hydrogens is 255 g/mol. The SMILES string of the molecule is CCC1CCCCC1(O)c1cccc(Cl)c1Cl. The number of aliphatic hydroxyl groups is 1. The summed E-state index contributed by atoms with van der Waals surface area (Å²) in [4.78, 5) is 0. The van der Waals surface area contributed by atoms with Crippen molar-refractivity contribution in [3.8, 4) is 0 Å². The van der Waals surface area contributed by atoms with Gasteiger partial charge in [0.2, 0.25) is 0 Å². The van der Waals surface area contributed by atoms with Crippen molar-refractivity contribution in [2.75, 3.05) is 0 Å². The van der Waals surface area contributed by atoms with Crippen LogP contribution < -0.4 is 0 Å². The molecule has 0 saturated heterocycles. The molecule has 0 amide bonds. The first-order valence-electron chi connectivity index (χ1n) is 6.26. The summed E-state index contributed by atoms with van der Waals surface area (Å²) < 4.78 is 0. The Bertz CT molecular complexity index is 405. The van der Waals surface area contributed by atoms with Crippen LogP contribution in [-0.4, -0.2) is 5.11 Å². The Balaban J connectivity index is 2.45. The summed E-state index contributed by atoms with van der Waals surface area (Å²) in [6.45, 7) is 2.12. The number of hydrogen-bond acceptors (Lipinski definition) is 1. The summed E-state index contributed by atoms with van der Waals surface area (Å²) in [5.41, 5.74) is 0.00726. The lowest BCUT2D eigenvalue weighted by molar-refractivity contribution is -0.0556. The molecule has 1 saturated carbocycles. The summed E-state index contributed by atoms with van der Waals surface area (Å²) in [5.74, 6) is 0.284. The molecule has 1 N–H and O–H groups in total. The fraction of sp³-hybridized carbons (Fsp3) is 0.571. The highest BCUT2D eigenvalue weighted by atomic mass is 35.5. The van der Waals surface area contributed by atoms with E-state index in [0.29, 0.717) is 10.0 Å². The van der Waals surface area contributed by atoms with Gasteiger partial charge in [-0.3, -0.25) is 0 Å². The van der Waals surface area contributed by atoms with Gasteiger partial charge in [0.05, 0.1) is 15.6 Å². The van der Waals surface area contributed by atoms with Crippen LogP contribution in [0.15, 0.2) is 18.2 Å². The Hall–Kier alpha value is -0.240. The van der Waals surface area contributed by atoms with Crippen molar-refractivity contribution in [2.24, 2.45) is 5.92 Å². The molecule has 94 valence electrons. The molecule has 0 aliphatic heterocycles. The fourth-order valence-electron chi connectivity index (χ4n) is 2.96. The first-order chi connectivity index (χ1) is 8.09. The van der Waals surface area contributed by atoms with Crippen LogP contribution in [-0.2, 0) is 5.60 Å². The van der Waals surface area contributed by atoms with Crippen molar-refractivity contribution in [1.29, 1.82) is 0 Å². The van der Waals surface area contributed by atoms with Crippen molar-refractivity contribution in [3.63, 3.8) is 0 Å². The van der Waals surface area contributed by atoms with Crippen LogP contribution in [0.5, 0.6) is 0 Å². The molecule has 2 atom stereocenters. The molecule has 0 bridgehead atoms. The van der Waals surface area contributed by atoms with E-state index in [1.54, 1.807) is 6.07 Å². The number of halogens is 2. The smallest absolute Gasteiger partial charge is 0.0939 e. The summed E-state index contributed by atoms with van der Waals surface area (Å²) in [5, 5.41) is 12.0. The molecule has 1 aromatic rings. The van der Waals surface area contributed by atoms with E-state index in [1.165, 1.54) is 6.42 Å². The quantitative estimate of drug-likeness (QED) is 0.822. The fourth-order valence-corrected chi connectivity index (χ4v) is 3.43. The van der Waals surface area contributed by atoms with Gasteiger partial charge in [-0.25, -0.2) is 0 Å². The molecule has 3 heteroatoms. The zero-order valence-electron chi connectivity index (χ0n) is 10.0. The van der Waals surface area contributed by atoms with Crippen LogP contribution in [0.4, 0.5) is 0 Å². The Morgan fingerprint density at radius 2 is 2.12 bits per heavy atom. The molecule has 17 heavy (non-hydrogen) atoms. The lowest BCUT2D eigenvalue weighted by atomic mass is 9.70. The Labute approximate surface area is 113 Å². The average Bonchev–Trinajstić information content (AvgIpc) is 2.33. The highest BCUT2D eigenvalue weighted by Gasteiger charge is 2.40. The van der Waals surface area contributed by atoms with Gasteiger partial charge >= 0.3 is 0 Å². The highest BCUT2D eigenvalue weighted by Crippen LogP contribution is 2.46. The second-order valence-electron chi connectivity index (χ2n) is 4.88. The molecule has 1 nitrogen and oxygen atoms in total. The van der Waals surface area contributed by atoms with E-state index in [0.717, 1.165) is 31.2 Å². The van der Waals surface area contributed by atoms with Gasteiger partial charge in [-0.2, -0.15) is 0 Å². The van der Waals surface area contributed by atoms with E-state index >= 15 is 0 Å². The summed E-state index contributed by atoms with van der Waals surface area (Å²) in [6, 6.07) is 5.53. The third kappa shape index (κ3) is 2.33. The maximum Gasteiger partial charge on any atom is 0.0939 e. The molecule has 1 aliphatic rings. The molecule has 0 aromatic heterocycles. The van der Waals surface area contributed by atoms with Crippen LogP contribution in [0.2, 0.25) is 10.0 Å². The molecule has 0 spiro atoms. The molecule has 0 heterocycles. The van der Waals surface area contributed by atoms with Gasteiger partial charge in [0.15, 0.2) is 0 Å². The minimum absolute atomic E-state index is 0.284. The first kappa shape index (κ1) is 13.2. The topological polar surface area (TPSA) is 20.2 Å². The van der Waals surface area contributed by atoms with Gasteiger partial charge in [-0.15, -0.1) is 0 Å². The van der Waals surface area contributed by atoms with Gasteiger partial charge < -0.3 is 5.11 Å². The zero-order chi connectivity index (χ0) is 12.5. The molecule has 1 aliphatic carbocycles.